The number of hydrogen-bond donors (Lipinski definition) is 2. The topological polar surface area (TPSA) is 53.9 Å². The number of H-pyrrole nitrogens is 1. The SMILES string of the molecule is CCC(NC(C)c1ccco1)c1ncc[nH]1. The summed E-state index contributed by atoms with van der Waals surface area (Å²) in [5, 5.41) is 3.48. The summed E-state index contributed by atoms with van der Waals surface area (Å²) in [4.78, 5) is 7.41. The summed E-state index contributed by atoms with van der Waals surface area (Å²) < 4.78 is 5.36. The van der Waals surface area contributed by atoms with E-state index in [1.165, 1.54) is 0 Å². The quantitative estimate of drug-likeness (QED) is 0.813. The van der Waals surface area contributed by atoms with E-state index < -0.39 is 0 Å². The molecule has 0 saturated carbocycles. The van der Waals surface area contributed by atoms with Gasteiger partial charge in [-0.2, -0.15) is 0 Å². The molecule has 0 aliphatic heterocycles. The van der Waals surface area contributed by atoms with Gasteiger partial charge in [0, 0.05) is 12.4 Å². The molecular weight excluding hydrogens is 202 g/mol. The van der Waals surface area contributed by atoms with Gasteiger partial charge in [-0.25, -0.2) is 4.98 Å². The lowest BCUT2D eigenvalue weighted by Crippen LogP contribution is -2.24. The van der Waals surface area contributed by atoms with Crippen LogP contribution in [0.1, 0.15) is 43.9 Å². The maximum atomic E-state index is 5.36. The monoisotopic (exact) mass is 219 g/mol. The molecule has 2 unspecified atom stereocenters. The average Bonchev–Trinajstić information content (AvgIpc) is 2.96. The minimum atomic E-state index is 0.185. The third-order valence-corrected chi connectivity index (χ3v) is 2.68. The molecule has 0 spiro atoms. The Morgan fingerprint density at radius 3 is 3.00 bits per heavy atom. The molecule has 0 aliphatic rings. The van der Waals surface area contributed by atoms with Gasteiger partial charge in [0.05, 0.1) is 18.3 Å². The zero-order valence-corrected chi connectivity index (χ0v) is 9.60. The zero-order chi connectivity index (χ0) is 11.4. The van der Waals surface area contributed by atoms with Crippen LogP contribution in [0, 0.1) is 0 Å². The second-order valence-electron chi connectivity index (χ2n) is 3.84. The van der Waals surface area contributed by atoms with E-state index in [0.29, 0.717) is 0 Å². The normalized spacial score (nSPS) is 14.9. The maximum Gasteiger partial charge on any atom is 0.123 e. The predicted molar refractivity (Wildman–Crippen MR) is 61.9 cm³/mol. The largest absolute Gasteiger partial charge is 0.468 e. The second-order valence-corrected chi connectivity index (χ2v) is 3.84. The van der Waals surface area contributed by atoms with Gasteiger partial charge in [0.1, 0.15) is 11.6 Å². The highest BCUT2D eigenvalue weighted by Gasteiger charge is 2.16. The van der Waals surface area contributed by atoms with Gasteiger partial charge in [-0.1, -0.05) is 6.92 Å². The first-order valence-electron chi connectivity index (χ1n) is 5.60. The number of rotatable bonds is 5. The Kier molecular flexibility index (Phi) is 3.41. The number of imidazole rings is 1. The van der Waals surface area contributed by atoms with Crippen molar-refractivity contribution in [3.05, 3.63) is 42.4 Å². The third kappa shape index (κ3) is 2.33. The summed E-state index contributed by atoms with van der Waals surface area (Å²) >= 11 is 0. The molecule has 0 saturated heterocycles. The smallest absolute Gasteiger partial charge is 0.123 e. The van der Waals surface area contributed by atoms with Gasteiger partial charge >= 0.3 is 0 Å². The Labute approximate surface area is 95.1 Å². The van der Waals surface area contributed by atoms with E-state index in [1.807, 2.05) is 18.3 Å². The molecule has 86 valence electrons. The van der Waals surface area contributed by atoms with Crippen molar-refractivity contribution in [2.24, 2.45) is 0 Å². The molecule has 0 fully saturated rings. The molecule has 0 bridgehead atoms. The van der Waals surface area contributed by atoms with E-state index in [1.54, 1.807) is 12.5 Å². The number of aromatic amines is 1. The molecule has 16 heavy (non-hydrogen) atoms. The van der Waals surface area contributed by atoms with Crippen molar-refractivity contribution < 1.29 is 4.42 Å². The summed E-state index contributed by atoms with van der Waals surface area (Å²) in [7, 11) is 0. The van der Waals surface area contributed by atoms with E-state index in [4.69, 9.17) is 4.42 Å². The third-order valence-electron chi connectivity index (χ3n) is 2.68. The molecule has 2 aromatic heterocycles. The number of nitrogens with zero attached hydrogens (tertiary/aromatic N) is 1. The highest BCUT2D eigenvalue weighted by atomic mass is 16.3. The molecule has 4 heteroatoms. The number of nitrogens with one attached hydrogen (secondary N) is 2. The Morgan fingerprint density at radius 2 is 2.44 bits per heavy atom. The molecule has 0 aliphatic carbocycles. The number of furan rings is 1. The van der Waals surface area contributed by atoms with E-state index in [2.05, 4.69) is 29.1 Å². The van der Waals surface area contributed by atoms with Gasteiger partial charge in [-0.15, -0.1) is 0 Å². The van der Waals surface area contributed by atoms with Crippen molar-refractivity contribution >= 4 is 0 Å². The first-order chi connectivity index (χ1) is 7.81. The Bertz CT molecular complexity index is 394. The van der Waals surface area contributed by atoms with Gasteiger partial charge in [-0.3, -0.25) is 5.32 Å². The summed E-state index contributed by atoms with van der Waals surface area (Å²) in [6, 6.07) is 4.30. The Morgan fingerprint density at radius 1 is 1.56 bits per heavy atom. The lowest BCUT2D eigenvalue weighted by atomic mass is 10.1. The number of aromatic nitrogens is 2. The van der Waals surface area contributed by atoms with Crippen LogP contribution in [0.15, 0.2) is 35.2 Å². The van der Waals surface area contributed by atoms with E-state index in [9.17, 15) is 0 Å². The second kappa shape index (κ2) is 4.99. The van der Waals surface area contributed by atoms with Crippen molar-refractivity contribution in [2.45, 2.75) is 32.4 Å². The molecule has 2 heterocycles. The molecule has 0 amide bonds. The Hall–Kier alpha value is -1.55. The maximum absolute atomic E-state index is 5.36. The molecule has 2 aromatic rings. The summed E-state index contributed by atoms with van der Waals surface area (Å²) in [6.07, 6.45) is 6.30. The first-order valence-corrected chi connectivity index (χ1v) is 5.60. The average molecular weight is 219 g/mol. The first kappa shape index (κ1) is 11.0. The van der Waals surface area contributed by atoms with Crippen LogP contribution in [0.25, 0.3) is 0 Å². The molecule has 2 N–H and O–H groups in total. The van der Waals surface area contributed by atoms with E-state index in [-0.39, 0.29) is 12.1 Å². The van der Waals surface area contributed by atoms with Crippen molar-refractivity contribution in [3.63, 3.8) is 0 Å². The van der Waals surface area contributed by atoms with Crippen LogP contribution in [-0.2, 0) is 0 Å². The van der Waals surface area contributed by atoms with Crippen molar-refractivity contribution in [2.75, 3.05) is 0 Å². The molecule has 2 rings (SSSR count). The predicted octanol–water partition coefficient (Wildman–Crippen LogP) is 2.80. The van der Waals surface area contributed by atoms with Crippen molar-refractivity contribution in [1.29, 1.82) is 0 Å². The molecule has 0 radical (unpaired) electrons. The molecule has 0 aromatic carbocycles. The van der Waals surface area contributed by atoms with Crippen LogP contribution in [0.3, 0.4) is 0 Å². The zero-order valence-electron chi connectivity index (χ0n) is 9.60. The standard InChI is InChI=1S/C12H17N3O/c1-3-10(12-13-6-7-14-12)15-9(2)11-5-4-8-16-11/h4-10,15H,3H2,1-2H3,(H,13,14). The summed E-state index contributed by atoms with van der Waals surface area (Å²) in [5.41, 5.74) is 0. The summed E-state index contributed by atoms with van der Waals surface area (Å²) in [5.74, 6) is 1.92. The van der Waals surface area contributed by atoms with Gasteiger partial charge in [-0.05, 0) is 25.5 Å². The van der Waals surface area contributed by atoms with Crippen LogP contribution >= 0.6 is 0 Å². The minimum Gasteiger partial charge on any atom is -0.468 e. The van der Waals surface area contributed by atoms with Crippen molar-refractivity contribution in [3.8, 4) is 0 Å². The van der Waals surface area contributed by atoms with Gasteiger partial charge in [0.2, 0.25) is 0 Å². The van der Waals surface area contributed by atoms with Gasteiger partial charge < -0.3 is 9.40 Å². The highest BCUT2D eigenvalue weighted by Crippen LogP contribution is 2.19. The Balaban J connectivity index is 2.02. The van der Waals surface area contributed by atoms with E-state index >= 15 is 0 Å². The highest BCUT2D eigenvalue weighted by molar-refractivity contribution is 5.05. The fourth-order valence-corrected chi connectivity index (χ4v) is 1.78. The fraction of sp³-hybridized carbons (Fsp3) is 0.417. The lowest BCUT2D eigenvalue weighted by Gasteiger charge is -2.19. The lowest BCUT2D eigenvalue weighted by molar-refractivity contribution is 0.379. The van der Waals surface area contributed by atoms with Gasteiger partial charge in [0.25, 0.3) is 0 Å². The van der Waals surface area contributed by atoms with Crippen LogP contribution in [0.4, 0.5) is 0 Å². The van der Waals surface area contributed by atoms with Crippen molar-refractivity contribution in [1.82, 2.24) is 15.3 Å². The molecule has 2 atom stereocenters. The van der Waals surface area contributed by atoms with Crippen LogP contribution in [0.2, 0.25) is 0 Å². The summed E-state index contributed by atoms with van der Waals surface area (Å²) in [6.45, 7) is 4.22. The minimum absolute atomic E-state index is 0.185. The van der Waals surface area contributed by atoms with Crippen LogP contribution in [0.5, 0.6) is 0 Å². The molecular formula is C12H17N3O. The number of hydrogen-bond acceptors (Lipinski definition) is 3. The van der Waals surface area contributed by atoms with Crippen LogP contribution in [-0.4, -0.2) is 9.97 Å². The molecule has 4 nitrogen and oxygen atoms in total. The van der Waals surface area contributed by atoms with Gasteiger partial charge in [0.15, 0.2) is 0 Å². The fourth-order valence-electron chi connectivity index (χ4n) is 1.78. The van der Waals surface area contributed by atoms with E-state index in [0.717, 1.165) is 18.0 Å². The van der Waals surface area contributed by atoms with Crippen LogP contribution < -0.4 is 5.32 Å².